The minimum absolute atomic E-state index is 0.125. The molecule has 0 aromatic heterocycles. The molecule has 3 nitrogen and oxygen atoms in total. The summed E-state index contributed by atoms with van der Waals surface area (Å²) in [5.41, 5.74) is 1.78. The van der Waals surface area contributed by atoms with Crippen LogP contribution in [0.1, 0.15) is 68.8 Å². The summed E-state index contributed by atoms with van der Waals surface area (Å²) in [7, 11) is 0. The van der Waals surface area contributed by atoms with E-state index in [1.54, 1.807) is 0 Å². The molecule has 0 radical (unpaired) electrons. The summed E-state index contributed by atoms with van der Waals surface area (Å²) in [6.07, 6.45) is 9.83. The number of carbonyl (C=O) groups is 1. The van der Waals surface area contributed by atoms with Crippen molar-refractivity contribution in [2.24, 2.45) is 23.2 Å². The Kier molecular flexibility index (Phi) is 5.86. The largest absolute Gasteiger partial charge is 0.462 e. The second kappa shape index (κ2) is 7.96. The van der Waals surface area contributed by atoms with E-state index in [0.717, 1.165) is 24.8 Å². The first-order chi connectivity index (χ1) is 12.5. The van der Waals surface area contributed by atoms with Gasteiger partial charge >= 0.3 is 5.97 Å². The van der Waals surface area contributed by atoms with Gasteiger partial charge in [-0.15, -0.1) is 0 Å². The van der Waals surface area contributed by atoms with Gasteiger partial charge in [-0.2, -0.15) is 0 Å². The molecule has 0 heterocycles. The summed E-state index contributed by atoms with van der Waals surface area (Å²) >= 11 is 0. The van der Waals surface area contributed by atoms with E-state index in [4.69, 9.17) is 4.74 Å². The topological polar surface area (TPSA) is 46.5 Å². The van der Waals surface area contributed by atoms with Crippen molar-refractivity contribution in [2.75, 3.05) is 6.61 Å². The zero-order chi connectivity index (χ0) is 18.7. The predicted molar refractivity (Wildman–Crippen MR) is 105 cm³/mol. The Balaban J connectivity index is 1.76. The first kappa shape index (κ1) is 19.2. The van der Waals surface area contributed by atoms with Crippen molar-refractivity contribution in [1.82, 2.24) is 0 Å². The number of aliphatic hydroxyl groups excluding tert-OH is 1. The fraction of sp³-hybridized carbons (Fsp3) is 0.609. The molecule has 26 heavy (non-hydrogen) atoms. The van der Waals surface area contributed by atoms with Crippen LogP contribution in [0.3, 0.4) is 0 Å². The van der Waals surface area contributed by atoms with Crippen LogP contribution in [0.15, 0.2) is 30.3 Å². The van der Waals surface area contributed by atoms with Crippen LogP contribution in [0.2, 0.25) is 0 Å². The number of esters is 1. The molecular formula is C23H32O3. The van der Waals surface area contributed by atoms with Gasteiger partial charge in [-0.1, -0.05) is 50.6 Å². The summed E-state index contributed by atoms with van der Waals surface area (Å²) in [5, 5.41) is 10.4. The van der Waals surface area contributed by atoms with Crippen molar-refractivity contribution in [2.45, 2.75) is 59.0 Å². The highest BCUT2D eigenvalue weighted by molar-refractivity contribution is 5.93. The van der Waals surface area contributed by atoms with Crippen LogP contribution in [0.4, 0.5) is 0 Å². The lowest BCUT2D eigenvalue weighted by atomic mass is 9.62. The molecule has 0 aliphatic heterocycles. The number of allylic oxidation sites excluding steroid dienone is 1. The Morgan fingerprint density at radius 1 is 1.35 bits per heavy atom. The monoisotopic (exact) mass is 356 g/mol. The molecule has 0 unspecified atom stereocenters. The smallest absolute Gasteiger partial charge is 0.338 e. The third-order valence-corrected chi connectivity index (χ3v) is 6.83. The molecule has 2 fully saturated rings. The number of ether oxygens (including phenoxy) is 1. The number of benzene rings is 1. The standard InChI is InChI=1S/C23H32O3/c1-4-26-22(25)18-9-6-5-8-17(18)12-11-16(2)19-13-14-20-21(24)10-7-15-23(19,20)3/h5-6,8-9,11-12,16,19-21,24H,4,7,10,13-15H2,1-3H3/t16-,19-,20+,21+,23-/m1/s1. The van der Waals surface area contributed by atoms with E-state index in [1.807, 2.05) is 31.2 Å². The van der Waals surface area contributed by atoms with Gasteiger partial charge in [0.15, 0.2) is 0 Å². The van der Waals surface area contributed by atoms with Crippen molar-refractivity contribution < 1.29 is 14.6 Å². The Bertz CT molecular complexity index is 665. The third-order valence-electron chi connectivity index (χ3n) is 6.83. The number of aliphatic hydroxyl groups is 1. The van der Waals surface area contributed by atoms with Gasteiger partial charge < -0.3 is 9.84 Å². The fourth-order valence-corrected chi connectivity index (χ4v) is 5.48. The second-order valence-electron chi connectivity index (χ2n) is 8.28. The molecule has 2 aliphatic rings. The molecule has 0 spiro atoms. The van der Waals surface area contributed by atoms with Crippen LogP contribution in [-0.4, -0.2) is 23.8 Å². The maximum Gasteiger partial charge on any atom is 0.338 e. The summed E-state index contributed by atoms with van der Waals surface area (Å²) in [6, 6.07) is 7.63. The van der Waals surface area contributed by atoms with E-state index in [2.05, 4.69) is 26.0 Å². The minimum Gasteiger partial charge on any atom is -0.462 e. The average Bonchev–Trinajstić information content (AvgIpc) is 2.98. The molecule has 2 aliphatic carbocycles. The minimum atomic E-state index is -0.260. The lowest BCUT2D eigenvalue weighted by Crippen LogP contribution is -2.41. The summed E-state index contributed by atoms with van der Waals surface area (Å²) in [6.45, 7) is 6.88. The lowest BCUT2D eigenvalue weighted by Gasteiger charge is -2.44. The zero-order valence-electron chi connectivity index (χ0n) is 16.3. The molecule has 0 amide bonds. The van der Waals surface area contributed by atoms with Crippen LogP contribution >= 0.6 is 0 Å². The molecule has 5 atom stereocenters. The number of hydrogen-bond acceptors (Lipinski definition) is 3. The average molecular weight is 357 g/mol. The number of fused-ring (bicyclic) bond motifs is 1. The van der Waals surface area contributed by atoms with Gasteiger partial charge in [-0.05, 0) is 67.4 Å². The molecule has 0 saturated heterocycles. The maximum absolute atomic E-state index is 12.2. The van der Waals surface area contributed by atoms with Gasteiger partial charge in [0.1, 0.15) is 0 Å². The molecule has 142 valence electrons. The van der Waals surface area contributed by atoms with Crippen LogP contribution in [0.25, 0.3) is 6.08 Å². The van der Waals surface area contributed by atoms with Crippen molar-refractivity contribution in [3.05, 3.63) is 41.5 Å². The lowest BCUT2D eigenvalue weighted by molar-refractivity contribution is -0.0230. The molecule has 0 bridgehead atoms. The second-order valence-corrected chi connectivity index (χ2v) is 8.28. The SMILES string of the molecule is CCOC(=O)c1ccccc1C=C[C@@H](C)[C@H]1CC[C@H]2[C@@H](O)CCC[C@]12C. The van der Waals surface area contributed by atoms with Gasteiger partial charge in [0, 0.05) is 0 Å². The van der Waals surface area contributed by atoms with E-state index in [9.17, 15) is 9.90 Å². The Labute approximate surface area is 157 Å². The number of rotatable bonds is 5. The Hall–Kier alpha value is -1.61. The van der Waals surface area contributed by atoms with Crippen molar-refractivity contribution in [3.8, 4) is 0 Å². The molecule has 1 N–H and O–H groups in total. The first-order valence-corrected chi connectivity index (χ1v) is 10.1. The molecule has 1 aromatic rings. The summed E-state index contributed by atoms with van der Waals surface area (Å²) in [4.78, 5) is 12.2. The maximum atomic E-state index is 12.2. The van der Waals surface area contributed by atoms with Crippen LogP contribution in [-0.2, 0) is 4.74 Å². The zero-order valence-corrected chi connectivity index (χ0v) is 16.3. The normalized spacial score (nSPS) is 32.4. The van der Waals surface area contributed by atoms with Gasteiger partial charge in [-0.25, -0.2) is 4.79 Å². The van der Waals surface area contributed by atoms with Gasteiger partial charge in [0.2, 0.25) is 0 Å². The van der Waals surface area contributed by atoms with Crippen molar-refractivity contribution >= 4 is 12.0 Å². The molecular weight excluding hydrogens is 324 g/mol. The van der Waals surface area contributed by atoms with E-state index in [-0.39, 0.29) is 17.5 Å². The first-order valence-electron chi connectivity index (χ1n) is 10.1. The van der Waals surface area contributed by atoms with Gasteiger partial charge in [0.25, 0.3) is 0 Å². The Morgan fingerprint density at radius 3 is 2.88 bits per heavy atom. The van der Waals surface area contributed by atoms with E-state index in [0.29, 0.717) is 29.9 Å². The summed E-state index contributed by atoms with van der Waals surface area (Å²) < 4.78 is 5.17. The molecule has 3 rings (SSSR count). The van der Waals surface area contributed by atoms with E-state index >= 15 is 0 Å². The third kappa shape index (κ3) is 3.59. The highest BCUT2D eigenvalue weighted by atomic mass is 16.5. The molecule has 1 aromatic carbocycles. The molecule has 2 saturated carbocycles. The quantitative estimate of drug-likeness (QED) is 0.748. The van der Waals surface area contributed by atoms with Gasteiger partial charge in [0.05, 0.1) is 18.3 Å². The summed E-state index contributed by atoms with van der Waals surface area (Å²) in [5.74, 6) is 1.20. The number of hydrogen-bond donors (Lipinski definition) is 1. The van der Waals surface area contributed by atoms with Crippen LogP contribution in [0, 0.1) is 23.2 Å². The van der Waals surface area contributed by atoms with Crippen LogP contribution in [0.5, 0.6) is 0 Å². The fourth-order valence-electron chi connectivity index (χ4n) is 5.48. The van der Waals surface area contributed by atoms with Crippen LogP contribution < -0.4 is 0 Å². The van der Waals surface area contributed by atoms with Gasteiger partial charge in [-0.3, -0.25) is 0 Å². The number of carbonyl (C=O) groups excluding carboxylic acids is 1. The highest BCUT2D eigenvalue weighted by Crippen LogP contribution is 2.57. The van der Waals surface area contributed by atoms with E-state index in [1.165, 1.54) is 12.8 Å². The Morgan fingerprint density at radius 2 is 2.12 bits per heavy atom. The van der Waals surface area contributed by atoms with Crippen molar-refractivity contribution in [3.63, 3.8) is 0 Å². The van der Waals surface area contributed by atoms with Crippen molar-refractivity contribution in [1.29, 1.82) is 0 Å². The predicted octanol–water partition coefficient (Wildman–Crippen LogP) is 5.09. The van der Waals surface area contributed by atoms with E-state index < -0.39 is 0 Å². The highest BCUT2D eigenvalue weighted by Gasteiger charge is 2.51. The molecule has 3 heteroatoms.